The Bertz CT molecular complexity index is 573. The Labute approximate surface area is 116 Å². The van der Waals surface area contributed by atoms with Crippen LogP contribution >= 0.6 is 23.2 Å². The van der Waals surface area contributed by atoms with Crippen molar-refractivity contribution in [2.75, 3.05) is 0 Å². The molecule has 94 valence electrons. The third-order valence-corrected chi connectivity index (χ3v) is 2.84. The maximum atomic E-state index is 6.06. The zero-order valence-electron chi connectivity index (χ0n) is 10.1. The molecule has 18 heavy (non-hydrogen) atoms. The molecule has 0 N–H and O–H groups in total. The van der Waals surface area contributed by atoms with Gasteiger partial charge in [-0.2, -0.15) is 4.98 Å². The van der Waals surface area contributed by atoms with Crippen LogP contribution in [0.3, 0.4) is 0 Å². The second-order valence-electron chi connectivity index (χ2n) is 3.83. The molecule has 0 bridgehead atoms. The van der Waals surface area contributed by atoms with Crippen LogP contribution in [0.25, 0.3) is 0 Å². The lowest BCUT2D eigenvalue weighted by Crippen LogP contribution is -1.96. The quantitative estimate of drug-likeness (QED) is 0.781. The summed E-state index contributed by atoms with van der Waals surface area (Å²) in [5.74, 6) is 1.61. The predicted molar refractivity (Wildman–Crippen MR) is 72.7 cm³/mol. The average molecular weight is 283 g/mol. The van der Waals surface area contributed by atoms with Gasteiger partial charge in [0, 0.05) is 12.5 Å². The van der Waals surface area contributed by atoms with E-state index >= 15 is 0 Å². The molecule has 0 radical (unpaired) electrons. The molecule has 0 unspecified atom stereocenters. The number of aryl methyl sites for hydroxylation is 2. The molecule has 0 saturated heterocycles. The molecule has 1 aromatic carbocycles. The summed E-state index contributed by atoms with van der Waals surface area (Å²) in [6.07, 6.45) is 0.693. The van der Waals surface area contributed by atoms with Crippen molar-refractivity contribution < 1.29 is 4.74 Å². The topological polar surface area (TPSA) is 35.0 Å². The van der Waals surface area contributed by atoms with Crippen LogP contribution in [-0.4, -0.2) is 9.97 Å². The summed E-state index contributed by atoms with van der Waals surface area (Å²) >= 11 is 12.0. The van der Waals surface area contributed by atoms with E-state index in [1.165, 1.54) is 0 Å². The van der Waals surface area contributed by atoms with Crippen LogP contribution in [0.15, 0.2) is 24.3 Å². The van der Waals surface area contributed by atoms with Gasteiger partial charge in [-0.15, -0.1) is 0 Å². The molecule has 2 rings (SSSR count). The van der Waals surface area contributed by atoms with Gasteiger partial charge >= 0.3 is 0 Å². The van der Waals surface area contributed by atoms with E-state index in [9.17, 15) is 0 Å². The number of aromatic nitrogens is 2. The number of ether oxygens (including phenoxy) is 1. The monoisotopic (exact) mass is 282 g/mol. The van der Waals surface area contributed by atoms with Gasteiger partial charge in [0.05, 0.1) is 5.02 Å². The molecule has 0 amide bonds. The maximum absolute atomic E-state index is 6.06. The van der Waals surface area contributed by atoms with Gasteiger partial charge in [-0.1, -0.05) is 36.2 Å². The molecule has 5 heteroatoms. The summed E-state index contributed by atoms with van der Waals surface area (Å²) in [6.45, 7) is 3.92. The maximum Gasteiger partial charge on any atom is 0.224 e. The smallest absolute Gasteiger partial charge is 0.224 e. The van der Waals surface area contributed by atoms with Gasteiger partial charge in [0.2, 0.25) is 5.88 Å². The summed E-state index contributed by atoms with van der Waals surface area (Å²) in [6, 6.07) is 7.12. The zero-order chi connectivity index (χ0) is 13.1. The van der Waals surface area contributed by atoms with Crippen molar-refractivity contribution in [3.05, 3.63) is 45.8 Å². The Kier molecular flexibility index (Phi) is 4.04. The first-order valence-corrected chi connectivity index (χ1v) is 6.31. The van der Waals surface area contributed by atoms with Crippen molar-refractivity contribution in [2.45, 2.75) is 20.3 Å². The molecule has 0 aliphatic rings. The highest BCUT2D eigenvalue weighted by molar-refractivity contribution is 6.32. The summed E-state index contributed by atoms with van der Waals surface area (Å²) in [7, 11) is 0. The summed E-state index contributed by atoms with van der Waals surface area (Å²) < 4.78 is 5.65. The summed E-state index contributed by atoms with van der Waals surface area (Å²) in [5.41, 5.74) is 1.06. The van der Waals surface area contributed by atoms with Crippen LogP contribution < -0.4 is 4.74 Å². The minimum absolute atomic E-state index is 0.362. The van der Waals surface area contributed by atoms with Crippen molar-refractivity contribution in [1.82, 2.24) is 9.97 Å². The largest absolute Gasteiger partial charge is 0.437 e. The highest BCUT2D eigenvalue weighted by Gasteiger charge is 2.07. The molecule has 0 saturated carbocycles. The molecule has 0 atom stereocenters. The Hall–Kier alpha value is -1.32. The molecule has 0 aliphatic carbocycles. The third-order valence-electron chi connectivity index (χ3n) is 2.34. The molecule has 0 fully saturated rings. The van der Waals surface area contributed by atoms with Crippen molar-refractivity contribution in [1.29, 1.82) is 0 Å². The first kappa shape index (κ1) is 13.1. The SMILES string of the molecule is CCc1nc(Cl)cc(Oc2cc(C)ccc2Cl)n1. The van der Waals surface area contributed by atoms with Gasteiger partial charge < -0.3 is 4.74 Å². The van der Waals surface area contributed by atoms with E-state index < -0.39 is 0 Å². The van der Waals surface area contributed by atoms with Crippen molar-refractivity contribution in [3.8, 4) is 11.6 Å². The van der Waals surface area contributed by atoms with Crippen molar-refractivity contribution in [2.24, 2.45) is 0 Å². The molecule has 1 aromatic heterocycles. The minimum atomic E-state index is 0.362. The fraction of sp³-hybridized carbons (Fsp3) is 0.231. The molecule has 1 heterocycles. The van der Waals surface area contributed by atoms with Crippen molar-refractivity contribution in [3.63, 3.8) is 0 Å². The van der Waals surface area contributed by atoms with Gasteiger partial charge in [-0.05, 0) is 24.6 Å². The van der Waals surface area contributed by atoms with Gasteiger partial charge in [0.1, 0.15) is 16.7 Å². The lowest BCUT2D eigenvalue weighted by Gasteiger charge is -2.08. The summed E-state index contributed by atoms with van der Waals surface area (Å²) in [4.78, 5) is 8.32. The predicted octanol–water partition coefficient (Wildman–Crippen LogP) is 4.45. The number of hydrogen-bond donors (Lipinski definition) is 0. The molecular weight excluding hydrogens is 271 g/mol. The number of nitrogens with zero attached hydrogens (tertiary/aromatic N) is 2. The van der Waals surface area contributed by atoms with E-state index in [0.717, 1.165) is 5.56 Å². The Balaban J connectivity index is 2.33. The fourth-order valence-corrected chi connectivity index (χ4v) is 1.80. The number of hydrogen-bond acceptors (Lipinski definition) is 3. The van der Waals surface area contributed by atoms with E-state index in [4.69, 9.17) is 27.9 Å². The van der Waals surface area contributed by atoms with Crippen LogP contribution in [0.5, 0.6) is 11.6 Å². The first-order chi connectivity index (χ1) is 8.58. The number of halogens is 2. The first-order valence-electron chi connectivity index (χ1n) is 5.56. The highest BCUT2D eigenvalue weighted by Crippen LogP contribution is 2.30. The average Bonchev–Trinajstić information content (AvgIpc) is 2.33. The van der Waals surface area contributed by atoms with E-state index in [0.29, 0.717) is 34.1 Å². The van der Waals surface area contributed by atoms with Crippen LogP contribution in [0.4, 0.5) is 0 Å². The molecule has 0 aliphatic heterocycles. The third kappa shape index (κ3) is 3.12. The molecule has 3 nitrogen and oxygen atoms in total. The van der Waals surface area contributed by atoms with Gasteiger partial charge in [0.25, 0.3) is 0 Å². The van der Waals surface area contributed by atoms with Crippen LogP contribution in [0, 0.1) is 6.92 Å². The Morgan fingerprint density at radius 1 is 1.17 bits per heavy atom. The minimum Gasteiger partial charge on any atom is -0.437 e. The Morgan fingerprint density at radius 2 is 1.94 bits per heavy atom. The van der Waals surface area contributed by atoms with Gasteiger partial charge in [0.15, 0.2) is 0 Å². The lowest BCUT2D eigenvalue weighted by molar-refractivity contribution is 0.458. The van der Waals surface area contributed by atoms with Crippen molar-refractivity contribution >= 4 is 23.2 Å². The second kappa shape index (κ2) is 5.55. The fourth-order valence-electron chi connectivity index (χ4n) is 1.45. The lowest BCUT2D eigenvalue weighted by atomic mass is 10.2. The van der Waals surface area contributed by atoms with Gasteiger partial charge in [-0.3, -0.25) is 0 Å². The highest BCUT2D eigenvalue weighted by atomic mass is 35.5. The number of benzene rings is 1. The normalized spacial score (nSPS) is 10.4. The molecular formula is C13H12Cl2N2O. The summed E-state index contributed by atoms with van der Waals surface area (Å²) in [5, 5.41) is 0.897. The standard InChI is InChI=1S/C13H12Cl2N2O/c1-3-12-16-11(15)7-13(17-12)18-10-6-8(2)4-5-9(10)14/h4-7H,3H2,1-2H3. The van der Waals surface area contributed by atoms with Crippen LogP contribution in [0.1, 0.15) is 18.3 Å². The van der Waals surface area contributed by atoms with Gasteiger partial charge in [-0.25, -0.2) is 4.98 Å². The zero-order valence-corrected chi connectivity index (χ0v) is 11.6. The van der Waals surface area contributed by atoms with E-state index in [2.05, 4.69) is 9.97 Å². The van der Waals surface area contributed by atoms with E-state index in [1.807, 2.05) is 26.0 Å². The number of rotatable bonds is 3. The van der Waals surface area contributed by atoms with E-state index in [1.54, 1.807) is 12.1 Å². The molecule has 0 spiro atoms. The van der Waals surface area contributed by atoms with E-state index in [-0.39, 0.29) is 0 Å². The molecule has 2 aromatic rings. The Morgan fingerprint density at radius 3 is 2.67 bits per heavy atom. The van der Waals surface area contributed by atoms with Crippen LogP contribution in [-0.2, 0) is 6.42 Å². The second-order valence-corrected chi connectivity index (χ2v) is 4.63. The van der Waals surface area contributed by atoms with Crippen LogP contribution in [0.2, 0.25) is 10.2 Å².